The van der Waals surface area contributed by atoms with Crippen LogP contribution in [0.4, 0.5) is 0 Å². The van der Waals surface area contributed by atoms with Gasteiger partial charge in [0.25, 0.3) is 0 Å². The van der Waals surface area contributed by atoms with Gasteiger partial charge in [0.15, 0.2) is 0 Å². The topological polar surface area (TPSA) is 20.2 Å². The van der Waals surface area contributed by atoms with Gasteiger partial charge in [0.1, 0.15) is 0 Å². The molecule has 0 saturated carbocycles. The first-order valence-corrected chi connectivity index (χ1v) is 6.27. The van der Waals surface area contributed by atoms with Gasteiger partial charge in [-0.15, -0.1) is 0 Å². The molecule has 90 valence electrons. The normalized spacial score (nSPS) is 21.7. The molecule has 0 amide bonds. The van der Waals surface area contributed by atoms with Gasteiger partial charge in [0.05, 0.1) is 6.10 Å². The van der Waals surface area contributed by atoms with Crippen molar-refractivity contribution >= 4 is 6.08 Å². The van der Waals surface area contributed by atoms with Gasteiger partial charge in [-0.2, -0.15) is 0 Å². The average molecular weight is 236 g/mol. The Labute approximate surface area is 107 Å². The Morgan fingerprint density at radius 2 is 1.67 bits per heavy atom. The molecule has 1 heteroatoms. The highest BCUT2D eigenvalue weighted by atomic mass is 16.3. The van der Waals surface area contributed by atoms with Gasteiger partial charge in [0, 0.05) is 5.92 Å². The van der Waals surface area contributed by atoms with Crippen LogP contribution in [0, 0.1) is 6.92 Å². The number of aryl methyl sites for hydroxylation is 1. The van der Waals surface area contributed by atoms with Gasteiger partial charge in [-0.3, -0.25) is 0 Å². The lowest BCUT2D eigenvalue weighted by Crippen LogP contribution is -2.13. The maximum absolute atomic E-state index is 10.5. The van der Waals surface area contributed by atoms with Gasteiger partial charge in [0.2, 0.25) is 0 Å². The Kier molecular flexibility index (Phi) is 2.77. The van der Waals surface area contributed by atoms with Crippen LogP contribution in [0.25, 0.3) is 6.08 Å². The highest BCUT2D eigenvalue weighted by Gasteiger charge is 2.24. The highest BCUT2D eigenvalue weighted by Crippen LogP contribution is 2.38. The number of aliphatic hydroxyl groups is 1. The molecule has 18 heavy (non-hydrogen) atoms. The molecule has 1 N–H and O–H groups in total. The molecule has 1 nitrogen and oxygen atoms in total. The fourth-order valence-electron chi connectivity index (χ4n) is 2.52. The molecule has 0 heterocycles. The van der Waals surface area contributed by atoms with E-state index in [-0.39, 0.29) is 5.92 Å². The summed E-state index contributed by atoms with van der Waals surface area (Å²) >= 11 is 0. The van der Waals surface area contributed by atoms with E-state index >= 15 is 0 Å². The van der Waals surface area contributed by atoms with E-state index in [2.05, 4.69) is 43.3 Å². The summed E-state index contributed by atoms with van der Waals surface area (Å²) in [5.74, 6) is 0.0560. The van der Waals surface area contributed by atoms with Crippen molar-refractivity contribution in [3.8, 4) is 0 Å². The summed E-state index contributed by atoms with van der Waals surface area (Å²) in [6.45, 7) is 2.08. The first kappa shape index (κ1) is 11.2. The van der Waals surface area contributed by atoms with Crippen LogP contribution >= 0.6 is 0 Å². The van der Waals surface area contributed by atoms with Gasteiger partial charge in [-0.1, -0.05) is 66.2 Å². The zero-order valence-corrected chi connectivity index (χ0v) is 10.4. The maximum atomic E-state index is 10.5. The van der Waals surface area contributed by atoms with E-state index in [1.807, 2.05) is 24.3 Å². The Morgan fingerprint density at radius 3 is 2.44 bits per heavy atom. The Balaban J connectivity index is 2.00. The van der Waals surface area contributed by atoms with Crippen LogP contribution in [-0.2, 0) is 0 Å². The second-order valence-electron chi connectivity index (χ2n) is 4.87. The number of hydrogen-bond acceptors (Lipinski definition) is 1. The minimum atomic E-state index is -0.450. The molecule has 2 atom stereocenters. The number of benzene rings is 2. The summed E-state index contributed by atoms with van der Waals surface area (Å²) in [4.78, 5) is 0. The quantitative estimate of drug-likeness (QED) is 0.797. The van der Waals surface area contributed by atoms with Crippen LogP contribution in [0.3, 0.4) is 0 Å². The largest absolute Gasteiger partial charge is 0.387 e. The van der Waals surface area contributed by atoms with E-state index in [9.17, 15) is 5.11 Å². The molecule has 2 aromatic carbocycles. The summed E-state index contributed by atoms with van der Waals surface area (Å²) in [6, 6.07) is 16.4. The van der Waals surface area contributed by atoms with E-state index in [1.165, 1.54) is 11.1 Å². The van der Waals surface area contributed by atoms with Gasteiger partial charge >= 0.3 is 0 Å². The first-order valence-electron chi connectivity index (χ1n) is 6.27. The summed E-state index contributed by atoms with van der Waals surface area (Å²) in [5.41, 5.74) is 4.55. The summed E-state index contributed by atoms with van der Waals surface area (Å²) < 4.78 is 0. The SMILES string of the molecule is Cc1ccc([C@@H]2C=Cc3ccccc3[C@@H]2O)cc1. The Morgan fingerprint density at radius 1 is 0.944 bits per heavy atom. The van der Waals surface area contributed by atoms with Gasteiger partial charge < -0.3 is 5.11 Å². The van der Waals surface area contributed by atoms with Gasteiger partial charge in [-0.25, -0.2) is 0 Å². The minimum absolute atomic E-state index is 0.0560. The molecule has 0 unspecified atom stereocenters. The second-order valence-corrected chi connectivity index (χ2v) is 4.87. The molecule has 1 aliphatic carbocycles. The van der Waals surface area contributed by atoms with Crippen molar-refractivity contribution in [3.05, 3.63) is 76.9 Å². The number of rotatable bonds is 1. The monoisotopic (exact) mass is 236 g/mol. The summed E-state index contributed by atoms with van der Waals surface area (Å²) in [6.07, 6.45) is 3.75. The van der Waals surface area contributed by atoms with E-state index < -0.39 is 6.10 Å². The average Bonchev–Trinajstić information content (AvgIpc) is 2.41. The molecular formula is C17H16O. The fourth-order valence-corrected chi connectivity index (χ4v) is 2.52. The van der Waals surface area contributed by atoms with Crippen molar-refractivity contribution in [3.63, 3.8) is 0 Å². The third-order valence-corrected chi connectivity index (χ3v) is 3.60. The Hall–Kier alpha value is -1.86. The summed E-state index contributed by atoms with van der Waals surface area (Å²) in [5, 5.41) is 10.5. The first-order chi connectivity index (χ1) is 8.75. The number of fused-ring (bicyclic) bond motifs is 1. The van der Waals surface area contributed by atoms with Crippen molar-refractivity contribution in [1.29, 1.82) is 0 Å². The number of hydrogen-bond donors (Lipinski definition) is 1. The van der Waals surface area contributed by atoms with Crippen LogP contribution in [0.2, 0.25) is 0 Å². The molecule has 0 radical (unpaired) electrons. The Bertz CT molecular complexity index is 581. The van der Waals surface area contributed by atoms with Crippen LogP contribution in [0.1, 0.15) is 34.3 Å². The van der Waals surface area contributed by atoms with Gasteiger partial charge in [-0.05, 0) is 23.6 Å². The standard InChI is InChI=1S/C17H16O/c1-12-6-8-14(9-7-12)16-11-10-13-4-2-3-5-15(13)17(16)18/h2-11,16-18H,1H3/t16-,17-/m0/s1. The lowest BCUT2D eigenvalue weighted by Gasteiger charge is -2.26. The lowest BCUT2D eigenvalue weighted by atomic mass is 9.82. The highest BCUT2D eigenvalue weighted by molar-refractivity contribution is 5.59. The predicted molar refractivity (Wildman–Crippen MR) is 74.4 cm³/mol. The minimum Gasteiger partial charge on any atom is -0.387 e. The molecule has 0 fully saturated rings. The van der Waals surface area contributed by atoms with E-state index in [1.54, 1.807) is 0 Å². The molecule has 0 aromatic heterocycles. The van der Waals surface area contributed by atoms with Crippen LogP contribution in [0.15, 0.2) is 54.6 Å². The molecular weight excluding hydrogens is 220 g/mol. The molecule has 2 aromatic rings. The van der Waals surface area contributed by atoms with Crippen LogP contribution in [-0.4, -0.2) is 5.11 Å². The molecule has 0 spiro atoms. The van der Waals surface area contributed by atoms with Crippen molar-refractivity contribution in [1.82, 2.24) is 0 Å². The van der Waals surface area contributed by atoms with Crippen LogP contribution < -0.4 is 0 Å². The number of aliphatic hydroxyl groups excluding tert-OH is 1. The van der Waals surface area contributed by atoms with Crippen LogP contribution in [0.5, 0.6) is 0 Å². The predicted octanol–water partition coefficient (Wildman–Crippen LogP) is 3.84. The second kappa shape index (κ2) is 4.43. The van der Waals surface area contributed by atoms with E-state index in [0.717, 1.165) is 11.1 Å². The zero-order valence-electron chi connectivity index (χ0n) is 10.4. The zero-order chi connectivity index (χ0) is 12.5. The van der Waals surface area contributed by atoms with Crippen molar-refractivity contribution in [2.45, 2.75) is 18.9 Å². The molecule has 0 bridgehead atoms. The van der Waals surface area contributed by atoms with Crippen molar-refractivity contribution in [2.75, 3.05) is 0 Å². The van der Waals surface area contributed by atoms with Crippen molar-refractivity contribution in [2.24, 2.45) is 0 Å². The molecule has 0 saturated heterocycles. The molecule has 1 aliphatic rings. The molecule has 3 rings (SSSR count). The third-order valence-electron chi connectivity index (χ3n) is 3.60. The van der Waals surface area contributed by atoms with E-state index in [0.29, 0.717) is 0 Å². The third kappa shape index (κ3) is 1.87. The smallest absolute Gasteiger partial charge is 0.0899 e. The summed E-state index contributed by atoms with van der Waals surface area (Å²) in [7, 11) is 0. The molecule has 0 aliphatic heterocycles. The lowest BCUT2D eigenvalue weighted by molar-refractivity contribution is 0.160. The van der Waals surface area contributed by atoms with E-state index in [4.69, 9.17) is 0 Å². The van der Waals surface area contributed by atoms with Crippen molar-refractivity contribution < 1.29 is 5.11 Å². The maximum Gasteiger partial charge on any atom is 0.0899 e. The fraction of sp³-hybridized carbons (Fsp3) is 0.176.